The van der Waals surface area contributed by atoms with Crippen LogP contribution >= 0.6 is 0 Å². The first-order valence-electron chi connectivity index (χ1n) is 10.9. The largest absolute Gasteiger partial charge is 0.502 e. The molecule has 0 bridgehead atoms. The molecule has 1 aromatic carbocycles. The van der Waals surface area contributed by atoms with Crippen molar-refractivity contribution in [3.63, 3.8) is 0 Å². The zero-order valence-corrected chi connectivity index (χ0v) is 19.3. The number of halogens is 2. The highest BCUT2D eigenvalue weighted by Crippen LogP contribution is 2.22. The lowest BCUT2D eigenvalue weighted by Gasteiger charge is -2.39. The third-order valence-electron chi connectivity index (χ3n) is 5.63. The highest BCUT2D eigenvalue weighted by atomic mass is 19.1. The predicted molar refractivity (Wildman–Crippen MR) is 124 cm³/mol. The Morgan fingerprint density at radius 1 is 1.22 bits per heavy atom. The summed E-state index contributed by atoms with van der Waals surface area (Å²) in [6.45, 7) is 0.362. The Hall–Kier alpha value is -4.32. The molecule has 0 atom stereocenters. The van der Waals surface area contributed by atoms with Crippen LogP contribution in [0.4, 0.5) is 8.78 Å². The summed E-state index contributed by atoms with van der Waals surface area (Å²) in [6, 6.07) is 8.19. The van der Waals surface area contributed by atoms with Crippen LogP contribution in [-0.2, 0) is 17.8 Å². The number of amides is 2. The molecular formula is C24H23F2N5O5. The number of hydrogen-bond donors (Lipinski definition) is 2. The highest BCUT2D eigenvalue weighted by molar-refractivity contribution is 5.99. The Kier molecular flexibility index (Phi) is 7.25. The molecule has 1 aliphatic heterocycles. The van der Waals surface area contributed by atoms with Gasteiger partial charge in [0.05, 0.1) is 18.8 Å². The minimum Gasteiger partial charge on any atom is -0.502 e. The summed E-state index contributed by atoms with van der Waals surface area (Å²) in [5.74, 6) is -4.03. The summed E-state index contributed by atoms with van der Waals surface area (Å²) in [6.07, 6.45) is 2.76. The summed E-state index contributed by atoms with van der Waals surface area (Å²) < 4.78 is 33.4. The molecule has 2 N–H and O–H groups in total. The molecule has 2 aromatic heterocycles. The number of carbonyl (C=O) groups excluding carboxylic acids is 2. The molecule has 3 aromatic rings. The van der Waals surface area contributed by atoms with Crippen molar-refractivity contribution < 1.29 is 28.2 Å². The molecule has 0 unspecified atom stereocenters. The highest BCUT2D eigenvalue weighted by Gasteiger charge is 2.34. The van der Waals surface area contributed by atoms with Gasteiger partial charge in [0.1, 0.15) is 23.9 Å². The molecular weight excluding hydrogens is 476 g/mol. The first-order chi connectivity index (χ1) is 17.3. The van der Waals surface area contributed by atoms with Crippen molar-refractivity contribution >= 4 is 11.8 Å². The number of fused-ring (bicyclic) bond motifs is 1. The third-order valence-corrected chi connectivity index (χ3v) is 5.63. The third kappa shape index (κ3) is 5.03. The van der Waals surface area contributed by atoms with Crippen LogP contribution in [0.5, 0.6) is 5.75 Å². The van der Waals surface area contributed by atoms with E-state index in [2.05, 4.69) is 10.3 Å². The van der Waals surface area contributed by atoms with Crippen LogP contribution in [0.2, 0.25) is 0 Å². The van der Waals surface area contributed by atoms with Crippen molar-refractivity contribution in [3.8, 4) is 5.75 Å². The van der Waals surface area contributed by atoms with Crippen LogP contribution in [0.15, 0.2) is 53.6 Å². The average Bonchev–Trinajstić information content (AvgIpc) is 2.86. The molecule has 2 amide bonds. The zero-order chi connectivity index (χ0) is 25.8. The number of methoxy groups -OCH3 is 1. The minimum atomic E-state index is -1.06. The van der Waals surface area contributed by atoms with Crippen molar-refractivity contribution in [2.75, 3.05) is 31.9 Å². The van der Waals surface area contributed by atoms with Crippen molar-refractivity contribution in [1.82, 2.24) is 19.9 Å². The van der Waals surface area contributed by atoms with Gasteiger partial charge in [0, 0.05) is 44.2 Å². The summed E-state index contributed by atoms with van der Waals surface area (Å²) in [7, 11) is 1.48. The van der Waals surface area contributed by atoms with Crippen molar-refractivity contribution in [1.29, 1.82) is 0 Å². The molecule has 0 spiro atoms. The molecule has 10 nitrogen and oxygen atoms in total. The number of aromatic hydroxyl groups is 1. The van der Waals surface area contributed by atoms with Gasteiger partial charge in [-0.25, -0.2) is 8.78 Å². The summed E-state index contributed by atoms with van der Waals surface area (Å²) in [5, 5.41) is 14.7. The Morgan fingerprint density at radius 2 is 2.03 bits per heavy atom. The second-order valence-corrected chi connectivity index (χ2v) is 8.02. The maximum atomic E-state index is 13.9. The molecule has 188 valence electrons. The smallest absolute Gasteiger partial charge is 0.277 e. The molecule has 3 heterocycles. The molecule has 0 saturated heterocycles. The van der Waals surface area contributed by atoms with Crippen LogP contribution in [0.25, 0.3) is 0 Å². The van der Waals surface area contributed by atoms with E-state index in [1.165, 1.54) is 22.8 Å². The van der Waals surface area contributed by atoms with E-state index < -0.39 is 40.2 Å². The lowest BCUT2D eigenvalue weighted by molar-refractivity contribution is 0.0619. The van der Waals surface area contributed by atoms with Gasteiger partial charge in [0.25, 0.3) is 11.8 Å². The molecule has 0 fully saturated rings. The number of benzene rings is 1. The molecule has 1 aliphatic rings. The van der Waals surface area contributed by atoms with E-state index in [0.717, 1.165) is 12.3 Å². The van der Waals surface area contributed by atoms with E-state index in [9.17, 15) is 28.3 Å². The number of hydrogen-bond acceptors (Lipinski definition) is 7. The monoisotopic (exact) mass is 499 g/mol. The minimum absolute atomic E-state index is 0.00720. The standard InChI is InChI=1S/C24H23F2N5O5/c1-36-9-8-29-14-30(12-17-4-2-3-7-27-17)31-13-18(21(32)22(33)20(31)24(29)35)23(34)28-11-15-5-6-16(25)10-19(15)26/h2-7,10,13,33H,8-9,11-12,14H2,1H3,(H,28,34). The van der Waals surface area contributed by atoms with Gasteiger partial charge in [-0.1, -0.05) is 12.1 Å². The maximum Gasteiger partial charge on any atom is 0.277 e. The van der Waals surface area contributed by atoms with E-state index in [0.29, 0.717) is 11.8 Å². The number of pyridine rings is 2. The fourth-order valence-corrected chi connectivity index (χ4v) is 3.77. The Labute approximate surface area is 204 Å². The van der Waals surface area contributed by atoms with E-state index in [-0.39, 0.29) is 44.2 Å². The number of nitrogens with one attached hydrogen (secondary N) is 1. The van der Waals surface area contributed by atoms with Gasteiger partial charge in [-0.15, -0.1) is 0 Å². The zero-order valence-electron chi connectivity index (χ0n) is 19.3. The van der Waals surface area contributed by atoms with E-state index in [1.807, 2.05) is 0 Å². The number of rotatable bonds is 8. The number of aromatic nitrogens is 2. The SMILES string of the molecule is COCCN1CN(Cc2ccccn2)n2cc(C(=O)NCc3ccc(F)cc3F)c(=O)c(O)c2C1=O. The predicted octanol–water partition coefficient (Wildman–Crippen LogP) is 1.35. The lowest BCUT2D eigenvalue weighted by atomic mass is 10.1. The molecule has 12 heteroatoms. The summed E-state index contributed by atoms with van der Waals surface area (Å²) in [4.78, 5) is 44.5. The van der Waals surface area contributed by atoms with Gasteiger partial charge in [-0.2, -0.15) is 0 Å². The summed E-state index contributed by atoms with van der Waals surface area (Å²) >= 11 is 0. The van der Waals surface area contributed by atoms with Crippen LogP contribution in [0.1, 0.15) is 32.1 Å². The van der Waals surface area contributed by atoms with E-state index >= 15 is 0 Å². The van der Waals surface area contributed by atoms with Crippen LogP contribution in [0.3, 0.4) is 0 Å². The van der Waals surface area contributed by atoms with Gasteiger partial charge >= 0.3 is 0 Å². The van der Waals surface area contributed by atoms with Crippen LogP contribution in [-0.4, -0.2) is 58.4 Å². The Balaban J connectivity index is 1.69. The lowest BCUT2D eigenvalue weighted by Crippen LogP contribution is -2.55. The fourth-order valence-electron chi connectivity index (χ4n) is 3.77. The maximum absolute atomic E-state index is 13.9. The second kappa shape index (κ2) is 10.5. The normalized spacial score (nSPS) is 13.0. The van der Waals surface area contributed by atoms with E-state index in [4.69, 9.17) is 4.74 Å². The molecule has 4 rings (SSSR count). The van der Waals surface area contributed by atoms with Crippen molar-refractivity contribution in [3.05, 3.63) is 93.2 Å². The topological polar surface area (TPSA) is 117 Å². The van der Waals surface area contributed by atoms with Gasteiger partial charge in [-0.05, 0) is 18.2 Å². The Morgan fingerprint density at radius 3 is 2.72 bits per heavy atom. The van der Waals surface area contributed by atoms with Gasteiger partial charge in [-0.3, -0.25) is 29.1 Å². The van der Waals surface area contributed by atoms with E-state index in [1.54, 1.807) is 29.4 Å². The Bertz CT molecular complexity index is 1350. The second-order valence-electron chi connectivity index (χ2n) is 8.02. The van der Waals surface area contributed by atoms with Gasteiger partial charge in [0.15, 0.2) is 11.4 Å². The van der Waals surface area contributed by atoms with Crippen LogP contribution < -0.4 is 15.8 Å². The molecule has 0 aliphatic carbocycles. The molecule has 0 saturated carbocycles. The number of ether oxygens (including phenoxy) is 1. The molecule has 0 radical (unpaired) electrons. The number of nitrogens with zero attached hydrogens (tertiary/aromatic N) is 4. The average molecular weight is 499 g/mol. The first kappa shape index (κ1) is 24.8. The van der Waals surface area contributed by atoms with Crippen molar-refractivity contribution in [2.24, 2.45) is 0 Å². The van der Waals surface area contributed by atoms with Gasteiger partial charge < -0.3 is 20.1 Å². The van der Waals surface area contributed by atoms with Crippen molar-refractivity contribution in [2.45, 2.75) is 13.1 Å². The first-order valence-corrected chi connectivity index (χ1v) is 10.9. The quantitative estimate of drug-likeness (QED) is 0.481. The number of carbonyl (C=O) groups is 2. The van der Waals surface area contributed by atoms with Crippen LogP contribution in [0, 0.1) is 11.6 Å². The molecule has 36 heavy (non-hydrogen) atoms. The van der Waals surface area contributed by atoms with Gasteiger partial charge in [0.2, 0.25) is 5.43 Å². The summed E-state index contributed by atoms with van der Waals surface area (Å²) in [5.41, 5.74) is -1.17. The fraction of sp³-hybridized carbons (Fsp3) is 0.250.